The number of piperidine rings is 1. The second kappa shape index (κ2) is 5.46. The topological polar surface area (TPSA) is 53.4 Å². The van der Waals surface area contributed by atoms with Crippen LogP contribution >= 0.6 is 0 Å². The van der Waals surface area contributed by atoms with Gasteiger partial charge < -0.3 is 5.11 Å². The Morgan fingerprint density at radius 2 is 2.29 bits per heavy atom. The van der Waals surface area contributed by atoms with Crippen molar-refractivity contribution >= 4 is 11.7 Å². The lowest BCUT2D eigenvalue weighted by Crippen LogP contribution is -2.35. The largest absolute Gasteiger partial charge is 0.384 e. The van der Waals surface area contributed by atoms with Crippen LogP contribution in [0.1, 0.15) is 25.0 Å². The molecule has 88 valence electrons. The molecule has 0 radical (unpaired) electrons. The molecule has 0 spiro atoms. The monoisotopic (exact) mass is 230 g/mol. The number of carbonyl (C=O) groups is 1. The maximum atomic E-state index is 11.7. The molecule has 1 amide bonds. The summed E-state index contributed by atoms with van der Waals surface area (Å²) >= 11 is 0. The van der Waals surface area contributed by atoms with E-state index >= 15 is 0 Å². The highest BCUT2D eigenvalue weighted by Gasteiger charge is 2.20. The molecule has 4 nitrogen and oxygen atoms in total. The third kappa shape index (κ3) is 2.83. The van der Waals surface area contributed by atoms with E-state index in [-0.39, 0.29) is 12.5 Å². The standard InChI is InChI=1S/C13H14N2O2/c16-10-4-6-11-5-3-7-12(14-11)15-9-2-1-8-13(15)17/h3,5,7,16H,1-2,8-10H2. The molecule has 1 aromatic rings. The number of anilines is 1. The van der Waals surface area contributed by atoms with Crippen LogP contribution in [0.5, 0.6) is 0 Å². The average molecular weight is 230 g/mol. The van der Waals surface area contributed by atoms with Crippen molar-refractivity contribution in [3.8, 4) is 11.8 Å². The van der Waals surface area contributed by atoms with Gasteiger partial charge in [-0.2, -0.15) is 0 Å². The Morgan fingerprint density at radius 1 is 1.41 bits per heavy atom. The molecule has 0 bridgehead atoms. The predicted octanol–water partition coefficient (Wildman–Crippen LogP) is 0.942. The summed E-state index contributed by atoms with van der Waals surface area (Å²) in [5, 5.41) is 8.62. The second-order valence-corrected chi connectivity index (χ2v) is 3.84. The van der Waals surface area contributed by atoms with Crippen molar-refractivity contribution in [1.82, 2.24) is 4.98 Å². The fourth-order valence-corrected chi connectivity index (χ4v) is 1.82. The summed E-state index contributed by atoms with van der Waals surface area (Å²) in [5.41, 5.74) is 0.579. The Labute approximate surface area is 100 Å². The van der Waals surface area contributed by atoms with Crippen LogP contribution in [0.15, 0.2) is 18.2 Å². The van der Waals surface area contributed by atoms with Crippen LogP contribution in [0.3, 0.4) is 0 Å². The fraction of sp³-hybridized carbons (Fsp3) is 0.385. The van der Waals surface area contributed by atoms with Crippen molar-refractivity contribution in [2.45, 2.75) is 19.3 Å². The molecule has 4 heteroatoms. The number of hydrogen-bond donors (Lipinski definition) is 1. The molecule has 1 fully saturated rings. The number of carbonyl (C=O) groups excluding carboxylic acids is 1. The molecule has 1 aliphatic rings. The lowest BCUT2D eigenvalue weighted by molar-refractivity contribution is -0.119. The first-order valence-corrected chi connectivity index (χ1v) is 5.68. The quantitative estimate of drug-likeness (QED) is 0.731. The van der Waals surface area contributed by atoms with E-state index in [9.17, 15) is 4.79 Å². The number of pyridine rings is 1. The van der Waals surface area contributed by atoms with Crippen molar-refractivity contribution < 1.29 is 9.90 Å². The van der Waals surface area contributed by atoms with Crippen molar-refractivity contribution in [3.63, 3.8) is 0 Å². The van der Waals surface area contributed by atoms with E-state index in [2.05, 4.69) is 16.8 Å². The molecule has 1 aliphatic heterocycles. The summed E-state index contributed by atoms with van der Waals surface area (Å²) in [6, 6.07) is 5.40. The van der Waals surface area contributed by atoms with E-state index in [1.54, 1.807) is 11.0 Å². The van der Waals surface area contributed by atoms with E-state index in [1.807, 2.05) is 12.1 Å². The highest BCUT2D eigenvalue weighted by molar-refractivity contribution is 5.93. The molecule has 0 aromatic carbocycles. The zero-order valence-electron chi connectivity index (χ0n) is 9.52. The Balaban J connectivity index is 2.23. The number of amides is 1. The van der Waals surface area contributed by atoms with Crippen LogP contribution in [0.25, 0.3) is 0 Å². The van der Waals surface area contributed by atoms with Crippen LogP contribution < -0.4 is 4.90 Å². The fourth-order valence-electron chi connectivity index (χ4n) is 1.82. The van der Waals surface area contributed by atoms with Crippen molar-refractivity contribution in [1.29, 1.82) is 0 Å². The predicted molar refractivity (Wildman–Crippen MR) is 64.4 cm³/mol. The zero-order chi connectivity index (χ0) is 12.1. The molecule has 2 heterocycles. The van der Waals surface area contributed by atoms with Crippen LogP contribution in [0, 0.1) is 11.8 Å². The summed E-state index contributed by atoms with van der Waals surface area (Å²) in [7, 11) is 0. The van der Waals surface area contributed by atoms with Gasteiger partial charge in [-0.3, -0.25) is 9.69 Å². The van der Waals surface area contributed by atoms with E-state index in [0.29, 0.717) is 17.9 Å². The Morgan fingerprint density at radius 3 is 3.06 bits per heavy atom. The summed E-state index contributed by atoms with van der Waals surface area (Å²) in [4.78, 5) is 17.7. The summed E-state index contributed by atoms with van der Waals surface area (Å²) in [6.45, 7) is 0.539. The number of hydrogen-bond acceptors (Lipinski definition) is 3. The zero-order valence-corrected chi connectivity index (χ0v) is 9.52. The Kier molecular flexibility index (Phi) is 3.73. The van der Waals surface area contributed by atoms with Crippen molar-refractivity contribution in [2.75, 3.05) is 18.1 Å². The van der Waals surface area contributed by atoms with Crippen molar-refractivity contribution in [3.05, 3.63) is 23.9 Å². The van der Waals surface area contributed by atoms with Gasteiger partial charge in [0.2, 0.25) is 5.91 Å². The highest BCUT2D eigenvalue weighted by atomic mass is 16.2. The molecule has 1 N–H and O–H groups in total. The second-order valence-electron chi connectivity index (χ2n) is 3.84. The molecular weight excluding hydrogens is 216 g/mol. The molecule has 1 saturated heterocycles. The Bertz CT molecular complexity index is 474. The summed E-state index contributed by atoms with van der Waals surface area (Å²) in [5.74, 6) is 6.06. The van der Waals surface area contributed by atoms with Gasteiger partial charge in [0, 0.05) is 13.0 Å². The van der Waals surface area contributed by atoms with E-state index in [0.717, 1.165) is 19.4 Å². The molecule has 0 aliphatic carbocycles. The van der Waals surface area contributed by atoms with E-state index in [1.165, 1.54) is 0 Å². The number of rotatable bonds is 1. The highest BCUT2D eigenvalue weighted by Crippen LogP contribution is 2.18. The van der Waals surface area contributed by atoms with Crippen LogP contribution in [0.4, 0.5) is 5.82 Å². The van der Waals surface area contributed by atoms with Gasteiger partial charge in [-0.1, -0.05) is 12.0 Å². The molecule has 17 heavy (non-hydrogen) atoms. The minimum atomic E-state index is -0.186. The third-order valence-corrected chi connectivity index (χ3v) is 2.63. The molecule has 0 saturated carbocycles. The summed E-state index contributed by atoms with van der Waals surface area (Å²) < 4.78 is 0. The first-order chi connectivity index (χ1) is 8.31. The van der Waals surface area contributed by atoms with Crippen LogP contribution in [0.2, 0.25) is 0 Å². The minimum absolute atomic E-state index is 0.121. The van der Waals surface area contributed by atoms with Crippen LogP contribution in [-0.4, -0.2) is 29.1 Å². The lowest BCUT2D eigenvalue weighted by Gasteiger charge is -2.25. The van der Waals surface area contributed by atoms with E-state index < -0.39 is 0 Å². The average Bonchev–Trinajstić information content (AvgIpc) is 2.37. The van der Waals surface area contributed by atoms with Crippen LogP contribution in [-0.2, 0) is 4.79 Å². The molecular formula is C13H14N2O2. The van der Waals surface area contributed by atoms with Gasteiger partial charge in [0.15, 0.2) is 0 Å². The van der Waals surface area contributed by atoms with Gasteiger partial charge in [-0.05, 0) is 30.9 Å². The number of aliphatic hydroxyl groups is 1. The molecule has 0 unspecified atom stereocenters. The smallest absolute Gasteiger partial charge is 0.228 e. The Hall–Kier alpha value is -1.86. The van der Waals surface area contributed by atoms with Gasteiger partial charge in [0.05, 0.1) is 0 Å². The van der Waals surface area contributed by atoms with Gasteiger partial charge in [0.25, 0.3) is 0 Å². The van der Waals surface area contributed by atoms with Gasteiger partial charge in [-0.25, -0.2) is 4.98 Å². The van der Waals surface area contributed by atoms with Gasteiger partial charge in [0.1, 0.15) is 18.1 Å². The van der Waals surface area contributed by atoms with Crippen molar-refractivity contribution in [2.24, 2.45) is 0 Å². The van der Waals surface area contributed by atoms with Gasteiger partial charge in [-0.15, -0.1) is 0 Å². The molecule has 2 rings (SSSR count). The first kappa shape index (κ1) is 11.6. The number of nitrogens with zero attached hydrogens (tertiary/aromatic N) is 2. The maximum Gasteiger partial charge on any atom is 0.228 e. The van der Waals surface area contributed by atoms with Gasteiger partial charge >= 0.3 is 0 Å². The van der Waals surface area contributed by atoms with E-state index in [4.69, 9.17) is 5.11 Å². The maximum absolute atomic E-state index is 11.7. The SMILES string of the molecule is O=C1CCCCN1c1cccc(C#CCO)n1. The third-order valence-electron chi connectivity index (χ3n) is 2.63. The summed E-state index contributed by atoms with van der Waals surface area (Å²) in [6.07, 6.45) is 2.56. The number of aromatic nitrogens is 1. The first-order valence-electron chi connectivity index (χ1n) is 5.68. The lowest BCUT2D eigenvalue weighted by atomic mass is 10.1. The minimum Gasteiger partial charge on any atom is -0.384 e. The number of aliphatic hydroxyl groups excluding tert-OH is 1. The molecule has 1 aromatic heterocycles. The normalized spacial score (nSPS) is 15.4. The molecule has 0 atom stereocenters.